The van der Waals surface area contributed by atoms with Crippen molar-refractivity contribution in [1.29, 1.82) is 0 Å². The molecule has 1 aliphatic heterocycles. The highest BCUT2D eigenvalue weighted by atomic mass is 32.2. The highest BCUT2D eigenvalue weighted by molar-refractivity contribution is 7.99. The molecular weight excluding hydrogens is 440 g/mol. The maximum Gasteiger partial charge on any atom is 0.264 e. The smallest absolute Gasteiger partial charge is 0.264 e. The molecular formula is C22H28O7S2. The number of rotatable bonds is 8. The minimum atomic E-state index is -3.83. The van der Waals surface area contributed by atoms with Gasteiger partial charge in [0, 0.05) is 4.90 Å². The largest absolute Gasteiger partial charge is 0.497 e. The van der Waals surface area contributed by atoms with Crippen LogP contribution in [0.15, 0.2) is 53.4 Å². The Morgan fingerprint density at radius 2 is 1.71 bits per heavy atom. The van der Waals surface area contributed by atoms with Crippen LogP contribution in [0.2, 0.25) is 0 Å². The molecule has 1 fully saturated rings. The molecule has 9 heteroatoms. The monoisotopic (exact) mass is 468 g/mol. The minimum absolute atomic E-state index is 0.203. The Morgan fingerprint density at radius 1 is 1.06 bits per heavy atom. The van der Waals surface area contributed by atoms with E-state index in [9.17, 15) is 13.5 Å². The molecule has 2 aromatic carbocycles. The van der Waals surface area contributed by atoms with Gasteiger partial charge in [-0.1, -0.05) is 41.6 Å². The summed E-state index contributed by atoms with van der Waals surface area (Å²) >= 11 is 1.32. The molecule has 1 N–H and O–H groups in total. The van der Waals surface area contributed by atoms with Crippen LogP contribution >= 0.6 is 11.8 Å². The number of thioether (sulfide) groups is 1. The second-order valence-corrected chi connectivity index (χ2v) is 10.3. The Balaban J connectivity index is 1.75. The molecule has 0 amide bonds. The van der Waals surface area contributed by atoms with Crippen molar-refractivity contribution in [3.05, 3.63) is 59.7 Å². The zero-order valence-corrected chi connectivity index (χ0v) is 19.6. The first kappa shape index (κ1) is 24.0. The second-order valence-electron chi connectivity index (χ2n) is 7.52. The zero-order valence-electron chi connectivity index (χ0n) is 17.9. The molecule has 0 spiro atoms. The van der Waals surface area contributed by atoms with Crippen LogP contribution in [-0.4, -0.2) is 56.7 Å². The third-order valence-electron chi connectivity index (χ3n) is 4.91. The first-order chi connectivity index (χ1) is 14.7. The van der Waals surface area contributed by atoms with Crippen LogP contribution < -0.4 is 4.74 Å². The molecule has 0 unspecified atom stereocenters. The second kappa shape index (κ2) is 10.3. The summed E-state index contributed by atoms with van der Waals surface area (Å²) in [5.74, 6) is 0.725. The molecule has 0 bridgehead atoms. The van der Waals surface area contributed by atoms with Crippen LogP contribution in [-0.2, 0) is 30.4 Å². The van der Waals surface area contributed by atoms with Crippen LogP contribution in [0.1, 0.15) is 18.1 Å². The van der Waals surface area contributed by atoms with Gasteiger partial charge < -0.3 is 19.3 Å². The molecule has 5 atom stereocenters. The standard InChI is InChI=1S/C22H28O7S2/c1-14-5-11-18(12-6-14)30-22-19(23)21(29-31(4,24)25)20(15(2)28-22)27-13-16-7-9-17(26-3)10-8-16/h5-12,15,19-23H,13H2,1-4H3/t15-,19-,20+,21-,22+/m0/s1. The average molecular weight is 469 g/mol. The Hall–Kier alpha value is -1.62. The molecule has 1 aliphatic rings. The summed E-state index contributed by atoms with van der Waals surface area (Å²) in [6.45, 7) is 3.98. The van der Waals surface area contributed by atoms with E-state index in [1.165, 1.54) is 11.8 Å². The van der Waals surface area contributed by atoms with Crippen molar-refractivity contribution in [2.45, 2.75) is 55.2 Å². The molecule has 1 saturated heterocycles. The van der Waals surface area contributed by atoms with Crippen molar-refractivity contribution in [1.82, 2.24) is 0 Å². The third-order valence-corrected chi connectivity index (χ3v) is 6.65. The first-order valence-electron chi connectivity index (χ1n) is 9.86. The highest BCUT2D eigenvalue weighted by Gasteiger charge is 2.47. The van der Waals surface area contributed by atoms with Crippen LogP contribution in [0.25, 0.3) is 0 Å². The molecule has 2 aromatic rings. The number of ether oxygens (including phenoxy) is 3. The van der Waals surface area contributed by atoms with Gasteiger partial charge in [0.05, 0.1) is 26.1 Å². The number of hydrogen-bond donors (Lipinski definition) is 1. The lowest BCUT2D eigenvalue weighted by Crippen LogP contribution is -2.58. The Kier molecular flexibility index (Phi) is 8.01. The van der Waals surface area contributed by atoms with Crippen LogP contribution in [0.4, 0.5) is 0 Å². The van der Waals surface area contributed by atoms with Gasteiger partial charge in [0.15, 0.2) is 0 Å². The van der Waals surface area contributed by atoms with Crippen molar-refractivity contribution < 1.29 is 31.9 Å². The van der Waals surface area contributed by atoms with Crippen molar-refractivity contribution in [2.24, 2.45) is 0 Å². The fraction of sp³-hybridized carbons (Fsp3) is 0.455. The number of benzene rings is 2. The summed E-state index contributed by atoms with van der Waals surface area (Å²) < 4.78 is 46.2. The average Bonchev–Trinajstić information content (AvgIpc) is 2.72. The summed E-state index contributed by atoms with van der Waals surface area (Å²) in [6, 6.07) is 15.1. The molecule has 0 radical (unpaired) electrons. The summed E-state index contributed by atoms with van der Waals surface area (Å²) in [5.41, 5.74) is 1.29. The number of aryl methyl sites for hydroxylation is 1. The molecule has 0 aliphatic carbocycles. The van der Waals surface area contributed by atoms with E-state index in [1.54, 1.807) is 14.0 Å². The van der Waals surface area contributed by atoms with Gasteiger partial charge in [0.1, 0.15) is 29.5 Å². The Morgan fingerprint density at radius 3 is 2.29 bits per heavy atom. The van der Waals surface area contributed by atoms with E-state index in [1.807, 2.05) is 55.5 Å². The normalized spacial score (nSPS) is 26.5. The SMILES string of the molecule is COc1ccc(CO[C@H]2[C@@H](OS(C)(=O)=O)[C@H](O)[C@@H](Sc3ccc(C)cc3)O[C@H]2C)cc1. The topological polar surface area (TPSA) is 91.3 Å². The van der Waals surface area contributed by atoms with Crippen LogP contribution in [0.3, 0.4) is 0 Å². The molecule has 7 nitrogen and oxygen atoms in total. The Bertz CT molecular complexity index is 945. The maximum atomic E-state index is 11.9. The minimum Gasteiger partial charge on any atom is -0.497 e. The van der Waals surface area contributed by atoms with Crippen molar-refractivity contribution in [2.75, 3.05) is 13.4 Å². The summed E-state index contributed by atoms with van der Waals surface area (Å²) in [4.78, 5) is 0.901. The summed E-state index contributed by atoms with van der Waals surface area (Å²) in [5, 5.41) is 10.9. The molecule has 3 rings (SSSR count). The van der Waals surface area contributed by atoms with Gasteiger partial charge in [0.2, 0.25) is 0 Å². The number of aliphatic hydroxyl groups excluding tert-OH is 1. The van der Waals surface area contributed by atoms with Gasteiger partial charge in [-0.15, -0.1) is 0 Å². The molecule has 170 valence electrons. The van der Waals surface area contributed by atoms with Crippen molar-refractivity contribution >= 4 is 21.9 Å². The third kappa shape index (κ3) is 6.68. The lowest BCUT2D eigenvalue weighted by molar-refractivity contribution is -0.203. The van der Waals surface area contributed by atoms with Gasteiger partial charge in [0.25, 0.3) is 10.1 Å². The summed E-state index contributed by atoms with van der Waals surface area (Å²) in [6.07, 6.45) is -2.63. The quantitative estimate of drug-likeness (QED) is 0.591. The van der Waals surface area contributed by atoms with E-state index < -0.39 is 40.0 Å². The zero-order chi connectivity index (χ0) is 22.6. The van der Waals surface area contributed by atoms with Gasteiger partial charge in [-0.05, 0) is 43.7 Å². The lowest BCUT2D eigenvalue weighted by atomic mass is 10.0. The van der Waals surface area contributed by atoms with Crippen LogP contribution in [0, 0.1) is 6.92 Å². The van der Waals surface area contributed by atoms with E-state index in [0.717, 1.165) is 28.0 Å². The molecule has 31 heavy (non-hydrogen) atoms. The molecule has 1 heterocycles. The van der Waals surface area contributed by atoms with Gasteiger partial charge in [-0.3, -0.25) is 4.18 Å². The van der Waals surface area contributed by atoms with Gasteiger partial charge >= 0.3 is 0 Å². The molecule has 0 aromatic heterocycles. The van der Waals surface area contributed by atoms with E-state index >= 15 is 0 Å². The van der Waals surface area contributed by atoms with E-state index in [4.69, 9.17) is 18.4 Å². The first-order valence-corrected chi connectivity index (χ1v) is 12.6. The predicted molar refractivity (Wildman–Crippen MR) is 119 cm³/mol. The van der Waals surface area contributed by atoms with E-state index in [2.05, 4.69) is 0 Å². The van der Waals surface area contributed by atoms with Gasteiger partial charge in [-0.25, -0.2) is 0 Å². The Labute approximate surface area is 187 Å². The predicted octanol–water partition coefficient (Wildman–Crippen LogP) is 3.13. The highest BCUT2D eigenvalue weighted by Crippen LogP contribution is 2.36. The lowest BCUT2D eigenvalue weighted by Gasteiger charge is -2.42. The number of aliphatic hydroxyl groups is 1. The fourth-order valence-corrected chi connectivity index (χ4v) is 5.01. The van der Waals surface area contributed by atoms with Crippen LogP contribution in [0.5, 0.6) is 5.75 Å². The van der Waals surface area contributed by atoms with E-state index in [0.29, 0.717) is 0 Å². The van der Waals surface area contributed by atoms with E-state index in [-0.39, 0.29) is 6.61 Å². The van der Waals surface area contributed by atoms with Gasteiger partial charge in [-0.2, -0.15) is 8.42 Å². The fourth-order valence-electron chi connectivity index (χ4n) is 3.29. The van der Waals surface area contributed by atoms with Crippen molar-refractivity contribution in [3.63, 3.8) is 0 Å². The maximum absolute atomic E-state index is 11.9. The molecule has 0 saturated carbocycles. The summed E-state index contributed by atoms with van der Waals surface area (Å²) in [7, 11) is -2.24. The number of hydrogen-bond acceptors (Lipinski definition) is 8. The number of methoxy groups -OCH3 is 1. The van der Waals surface area contributed by atoms with Crippen molar-refractivity contribution in [3.8, 4) is 5.75 Å².